The zero-order valence-electron chi connectivity index (χ0n) is 12.7. The van der Waals surface area contributed by atoms with Gasteiger partial charge < -0.3 is 15.4 Å². The van der Waals surface area contributed by atoms with Crippen LogP contribution in [-0.2, 0) is 9.53 Å². The topological polar surface area (TPSA) is 53.6 Å². The predicted octanol–water partition coefficient (Wildman–Crippen LogP) is 0.310. The molecule has 0 saturated carbocycles. The number of piperidine rings is 1. The van der Waals surface area contributed by atoms with E-state index in [1.807, 2.05) is 11.8 Å². The third kappa shape index (κ3) is 3.73. The Bertz CT molecular complexity index is 349. The normalized spacial score (nSPS) is 32.2. The van der Waals surface area contributed by atoms with Crippen LogP contribution in [0.15, 0.2) is 0 Å². The first kappa shape index (κ1) is 15.6. The molecule has 3 fully saturated rings. The van der Waals surface area contributed by atoms with Crippen LogP contribution in [0, 0.1) is 5.92 Å². The Morgan fingerprint density at radius 3 is 2.76 bits per heavy atom. The second-order valence-electron chi connectivity index (χ2n) is 6.37. The van der Waals surface area contributed by atoms with Crippen LogP contribution in [0.2, 0.25) is 0 Å². The Kier molecular flexibility index (Phi) is 5.43. The summed E-state index contributed by atoms with van der Waals surface area (Å²) in [7, 11) is 0. The van der Waals surface area contributed by atoms with Gasteiger partial charge in [0.25, 0.3) is 0 Å². The van der Waals surface area contributed by atoms with Crippen molar-refractivity contribution in [1.29, 1.82) is 0 Å². The summed E-state index contributed by atoms with van der Waals surface area (Å²) in [5.74, 6) is 2.82. The van der Waals surface area contributed by atoms with Gasteiger partial charge in [0.15, 0.2) is 0 Å². The first-order valence-electron chi connectivity index (χ1n) is 8.19. The molecule has 3 heterocycles. The lowest BCUT2D eigenvalue weighted by Gasteiger charge is -2.43. The minimum atomic E-state index is 0.164. The number of rotatable bonds is 4. The molecule has 1 unspecified atom stereocenters. The number of ether oxygens (including phenoxy) is 1. The van der Waals surface area contributed by atoms with Crippen molar-refractivity contribution in [3.05, 3.63) is 0 Å². The summed E-state index contributed by atoms with van der Waals surface area (Å²) < 4.78 is 5.48. The summed E-state index contributed by atoms with van der Waals surface area (Å²) in [4.78, 5) is 14.9. The van der Waals surface area contributed by atoms with Gasteiger partial charge in [-0.2, -0.15) is 11.8 Å². The minimum absolute atomic E-state index is 0.164. The van der Waals surface area contributed by atoms with Gasteiger partial charge in [-0.1, -0.05) is 0 Å². The van der Waals surface area contributed by atoms with Crippen LogP contribution < -0.4 is 10.6 Å². The smallest absolute Gasteiger partial charge is 0.223 e. The van der Waals surface area contributed by atoms with Crippen LogP contribution in [0.4, 0.5) is 0 Å². The lowest BCUT2D eigenvalue weighted by atomic mass is 9.93. The zero-order valence-corrected chi connectivity index (χ0v) is 13.6. The molecule has 2 N–H and O–H groups in total. The summed E-state index contributed by atoms with van der Waals surface area (Å²) in [6, 6.07) is 0. The van der Waals surface area contributed by atoms with E-state index < -0.39 is 0 Å². The maximum absolute atomic E-state index is 12.4. The van der Waals surface area contributed by atoms with Crippen molar-refractivity contribution in [3.63, 3.8) is 0 Å². The molecule has 1 amide bonds. The van der Waals surface area contributed by atoms with Crippen molar-refractivity contribution in [1.82, 2.24) is 15.5 Å². The number of thioether (sulfide) groups is 1. The van der Waals surface area contributed by atoms with Gasteiger partial charge in [0.1, 0.15) is 0 Å². The molecule has 0 aliphatic carbocycles. The molecule has 3 saturated heterocycles. The molecule has 1 atom stereocenters. The lowest BCUT2D eigenvalue weighted by molar-refractivity contribution is -0.126. The molecule has 0 radical (unpaired) electrons. The van der Waals surface area contributed by atoms with Gasteiger partial charge in [-0.15, -0.1) is 0 Å². The van der Waals surface area contributed by atoms with Crippen LogP contribution >= 0.6 is 11.8 Å². The fourth-order valence-electron chi connectivity index (χ4n) is 3.61. The minimum Gasteiger partial charge on any atom is -0.379 e. The number of carbonyl (C=O) groups excluding carboxylic acids is 1. The summed E-state index contributed by atoms with van der Waals surface area (Å²) >= 11 is 2.02. The van der Waals surface area contributed by atoms with E-state index in [1.54, 1.807) is 0 Å². The first-order valence-corrected chi connectivity index (χ1v) is 9.35. The summed E-state index contributed by atoms with van der Waals surface area (Å²) in [5, 5.41) is 6.59. The number of morpholine rings is 1. The highest BCUT2D eigenvalue weighted by atomic mass is 32.2. The van der Waals surface area contributed by atoms with E-state index in [-0.39, 0.29) is 17.4 Å². The highest BCUT2D eigenvalue weighted by Gasteiger charge is 2.41. The average molecular weight is 313 g/mol. The molecule has 3 aliphatic rings. The molecule has 120 valence electrons. The van der Waals surface area contributed by atoms with Gasteiger partial charge in [0.2, 0.25) is 5.91 Å². The standard InChI is InChI=1S/C15H27N3O2S/c19-14(13-1-4-16-5-2-13)17-11-15(3-10-21-12-15)18-6-8-20-9-7-18/h13,16H,1-12H2,(H,17,19). The van der Waals surface area contributed by atoms with Crippen LogP contribution in [0.1, 0.15) is 19.3 Å². The van der Waals surface area contributed by atoms with E-state index in [0.29, 0.717) is 0 Å². The van der Waals surface area contributed by atoms with E-state index in [9.17, 15) is 4.79 Å². The number of nitrogens with one attached hydrogen (secondary N) is 2. The Balaban J connectivity index is 1.56. The fourth-order valence-corrected chi connectivity index (χ4v) is 5.09. The lowest BCUT2D eigenvalue weighted by Crippen LogP contribution is -2.59. The number of hydrogen-bond acceptors (Lipinski definition) is 5. The molecule has 5 nitrogen and oxygen atoms in total. The average Bonchev–Trinajstić information content (AvgIpc) is 3.04. The van der Waals surface area contributed by atoms with E-state index in [0.717, 1.165) is 64.5 Å². The van der Waals surface area contributed by atoms with Crippen LogP contribution in [0.3, 0.4) is 0 Å². The maximum atomic E-state index is 12.4. The van der Waals surface area contributed by atoms with Crippen molar-refractivity contribution in [3.8, 4) is 0 Å². The zero-order chi connectivity index (χ0) is 14.5. The van der Waals surface area contributed by atoms with E-state index in [1.165, 1.54) is 12.2 Å². The Labute approximate surface area is 131 Å². The monoisotopic (exact) mass is 313 g/mol. The van der Waals surface area contributed by atoms with E-state index >= 15 is 0 Å². The molecule has 0 spiro atoms. The Morgan fingerprint density at radius 2 is 2.10 bits per heavy atom. The van der Waals surface area contributed by atoms with Crippen molar-refractivity contribution in [2.45, 2.75) is 24.8 Å². The summed E-state index contributed by atoms with van der Waals surface area (Å²) in [6.45, 7) is 6.42. The summed E-state index contributed by atoms with van der Waals surface area (Å²) in [5.41, 5.74) is 0.164. The van der Waals surface area contributed by atoms with E-state index in [4.69, 9.17) is 4.74 Å². The number of carbonyl (C=O) groups is 1. The van der Waals surface area contributed by atoms with Crippen LogP contribution in [0.5, 0.6) is 0 Å². The SMILES string of the molecule is O=C(NCC1(N2CCOCC2)CCSC1)C1CCNCC1. The molecule has 3 rings (SSSR count). The van der Waals surface area contributed by atoms with Crippen molar-refractivity contribution >= 4 is 17.7 Å². The molecule has 0 aromatic carbocycles. The van der Waals surface area contributed by atoms with Crippen molar-refractivity contribution in [2.75, 3.05) is 57.4 Å². The van der Waals surface area contributed by atoms with Gasteiger partial charge in [-0.05, 0) is 38.1 Å². The van der Waals surface area contributed by atoms with E-state index in [2.05, 4.69) is 15.5 Å². The predicted molar refractivity (Wildman–Crippen MR) is 85.7 cm³/mol. The largest absolute Gasteiger partial charge is 0.379 e. The van der Waals surface area contributed by atoms with Crippen LogP contribution in [0.25, 0.3) is 0 Å². The van der Waals surface area contributed by atoms with Crippen LogP contribution in [-0.4, -0.2) is 73.8 Å². The second kappa shape index (κ2) is 7.31. The van der Waals surface area contributed by atoms with Gasteiger partial charge >= 0.3 is 0 Å². The molecule has 0 aromatic rings. The molecule has 0 aromatic heterocycles. The van der Waals surface area contributed by atoms with Gasteiger partial charge in [0, 0.05) is 36.8 Å². The summed E-state index contributed by atoms with van der Waals surface area (Å²) in [6.07, 6.45) is 3.14. The highest BCUT2D eigenvalue weighted by Crippen LogP contribution is 2.33. The number of nitrogens with zero attached hydrogens (tertiary/aromatic N) is 1. The first-order chi connectivity index (χ1) is 10.3. The molecular weight excluding hydrogens is 286 g/mol. The third-order valence-electron chi connectivity index (χ3n) is 5.07. The van der Waals surface area contributed by atoms with Gasteiger partial charge in [-0.25, -0.2) is 0 Å². The van der Waals surface area contributed by atoms with Crippen molar-refractivity contribution < 1.29 is 9.53 Å². The van der Waals surface area contributed by atoms with Gasteiger partial charge in [0.05, 0.1) is 13.2 Å². The molecular formula is C15H27N3O2S. The fraction of sp³-hybridized carbons (Fsp3) is 0.933. The quantitative estimate of drug-likeness (QED) is 0.782. The molecule has 0 bridgehead atoms. The van der Waals surface area contributed by atoms with Crippen molar-refractivity contribution in [2.24, 2.45) is 5.92 Å². The third-order valence-corrected chi connectivity index (χ3v) is 6.30. The molecule has 21 heavy (non-hydrogen) atoms. The number of hydrogen-bond donors (Lipinski definition) is 2. The Morgan fingerprint density at radius 1 is 1.33 bits per heavy atom. The van der Waals surface area contributed by atoms with Gasteiger partial charge in [-0.3, -0.25) is 9.69 Å². The molecule has 6 heteroatoms. The molecule has 3 aliphatic heterocycles. The maximum Gasteiger partial charge on any atom is 0.223 e. The highest BCUT2D eigenvalue weighted by molar-refractivity contribution is 7.99. The Hall–Kier alpha value is -0.300. The second-order valence-corrected chi connectivity index (χ2v) is 7.47. The number of amides is 1.